The maximum atomic E-state index is 12.3. The number of hydrogen-bond acceptors (Lipinski definition) is 16. The van der Waals surface area contributed by atoms with Gasteiger partial charge in [-0.3, -0.25) is 29.3 Å². The summed E-state index contributed by atoms with van der Waals surface area (Å²) >= 11 is 0. The molecule has 2 aromatic rings. The number of ether oxygens (including phenoxy) is 9. The largest absolute Gasteiger partial charge is 0.514 e. The van der Waals surface area contributed by atoms with Crippen molar-refractivity contribution >= 4 is 35.7 Å². The first-order valence-electron chi connectivity index (χ1n) is 14.0. The standard InChI is InChI=1S/C31H31NO16/c1-6-13-41-24-14-23(10-7-20(24)16-42-31(37)47-22-11-8-21(9-12-22)32(38)39)46-30-29(45-19(4)35)28(44-18(3)34)27(43-17(2)33)25(48-30)15-26(36)40-5/h1,7-12,14,25,27-30H,13,15-16H2,2-5H3/t25-,27-,28+,29-,30-/m1/s1. The van der Waals surface area contributed by atoms with Crippen LogP contribution in [0.5, 0.6) is 17.2 Å². The molecule has 1 aliphatic heterocycles. The number of methoxy groups -OCH3 is 1. The number of carbonyl (C=O) groups is 5. The van der Waals surface area contributed by atoms with Gasteiger partial charge in [-0.2, -0.15) is 0 Å². The van der Waals surface area contributed by atoms with Gasteiger partial charge in [-0.25, -0.2) is 4.79 Å². The van der Waals surface area contributed by atoms with E-state index >= 15 is 0 Å². The summed E-state index contributed by atoms with van der Waals surface area (Å²) in [6.07, 6.45) is -3.46. The Hall–Kier alpha value is -5.89. The highest BCUT2D eigenvalue weighted by molar-refractivity contribution is 5.71. The Morgan fingerprint density at radius 1 is 0.896 bits per heavy atom. The molecular weight excluding hydrogens is 642 g/mol. The second-order valence-corrected chi connectivity index (χ2v) is 9.82. The Labute approximate surface area is 273 Å². The molecule has 2 aromatic carbocycles. The molecule has 0 bridgehead atoms. The van der Waals surface area contributed by atoms with Gasteiger partial charge in [-0.1, -0.05) is 5.92 Å². The SMILES string of the molecule is C#CCOc1cc(O[C@@H]2O[C@H](CC(=O)OC)[C@@H](OC(C)=O)[C@H](OC(C)=O)[C@H]2OC(C)=O)ccc1COC(=O)Oc1ccc([N+](=O)[O-])cc1. The highest BCUT2D eigenvalue weighted by Gasteiger charge is 2.53. The molecule has 17 nitrogen and oxygen atoms in total. The number of nitro benzene ring substituents is 1. The van der Waals surface area contributed by atoms with E-state index in [4.69, 9.17) is 49.1 Å². The Kier molecular flexibility index (Phi) is 13.1. The molecule has 0 radical (unpaired) electrons. The van der Waals surface area contributed by atoms with Crippen molar-refractivity contribution in [3.8, 4) is 29.6 Å². The van der Waals surface area contributed by atoms with Crippen LogP contribution in [0.3, 0.4) is 0 Å². The molecule has 1 heterocycles. The Balaban J connectivity index is 1.87. The molecule has 17 heteroatoms. The minimum atomic E-state index is -1.54. The van der Waals surface area contributed by atoms with Gasteiger partial charge in [0.2, 0.25) is 12.4 Å². The van der Waals surface area contributed by atoms with Crippen LogP contribution in [0, 0.1) is 22.5 Å². The zero-order valence-electron chi connectivity index (χ0n) is 26.1. The molecule has 0 amide bonds. The van der Waals surface area contributed by atoms with Gasteiger partial charge in [0.05, 0.1) is 18.5 Å². The normalized spacial score (nSPS) is 19.8. The Morgan fingerprint density at radius 2 is 1.50 bits per heavy atom. The molecule has 0 aromatic heterocycles. The molecule has 0 unspecified atom stereocenters. The van der Waals surface area contributed by atoms with Gasteiger partial charge >= 0.3 is 30.0 Å². The fraction of sp³-hybridized carbons (Fsp3) is 0.387. The average Bonchev–Trinajstić information content (AvgIpc) is 3.02. The van der Waals surface area contributed by atoms with Crippen molar-refractivity contribution in [2.24, 2.45) is 0 Å². The quantitative estimate of drug-likeness (QED) is 0.0747. The first-order chi connectivity index (χ1) is 22.8. The molecule has 1 aliphatic rings. The van der Waals surface area contributed by atoms with Crippen LogP contribution >= 0.6 is 0 Å². The minimum absolute atomic E-state index is 0.00136. The number of non-ortho nitro benzene ring substituents is 1. The van der Waals surface area contributed by atoms with E-state index in [-0.39, 0.29) is 36.1 Å². The van der Waals surface area contributed by atoms with E-state index in [1.165, 1.54) is 30.3 Å². The Morgan fingerprint density at radius 3 is 2.08 bits per heavy atom. The number of nitrogens with zero attached hydrogens (tertiary/aromatic N) is 1. The van der Waals surface area contributed by atoms with Crippen LogP contribution in [0.1, 0.15) is 32.8 Å². The van der Waals surface area contributed by atoms with Crippen molar-refractivity contribution in [1.82, 2.24) is 0 Å². The fourth-order valence-corrected chi connectivity index (χ4v) is 4.38. The first-order valence-corrected chi connectivity index (χ1v) is 14.0. The lowest BCUT2D eigenvalue weighted by molar-refractivity contribution is -0.384. The van der Waals surface area contributed by atoms with E-state index < -0.39 is 72.1 Å². The van der Waals surface area contributed by atoms with E-state index in [9.17, 15) is 34.1 Å². The third-order valence-electron chi connectivity index (χ3n) is 6.29. The van der Waals surface area contributed by atoms with E-state index in [0.29, 0.717) is 5.56 Å². The van der Waals surface area contributed by atoms with Crippen LogP contribution in [-0.4, -0.2) is 79.4 Å². The molecule has 0 spiro atoms. The maximum Gasteiger partial charge on any atom is 0.514 e. The zero-order chi connectivity index (χ0) is 35.4. The van der Waals surface area contributed by atoms with E-state index in [1.807, 2.05) is 0 Å². The topological polar surface area (TPSA) is 212 Å². The lowest BCUT2D eigenvalue weighted by Gasteiger charge is -2.44. The number of esters is 4. The minimum Gasteiger partial charge on any atom is -0.480 e. The molecule has 1 fully saturated rings. The summed E-state index contributed by atoms with van der Waals surface area (Å²) < 4.78 is 48.6. The fourth-order valence-electron chi connectivity index (χ4n) is 4.38. The lowest BCUT2D eigenvalue weighted by atomic mass is 9.95. The van der Waals surface area contributed by atoms with Crippen molar-refractivity contribution in [1.29, 1.82) is 0 Å². The molecular formula is C31H31NO16. The van der Waals surface area contributed by atoms with Crippen molar-refractivity contribution in [2.75, 3.05) is 13.7 Å². The highest BCUT2D eigenvalue weighted by Crippen LogP contribution is 2.34. The van der Waals surface area contributed by atoms with Crippen molar-refractivity contribution in [3.05, 3.63) is 58.1 Å². The number of benzene rings is 2. The van der Waals surface area contributed by atoms with E-state index in [1.54, 1.807) is 0 Å². The maximum absolute atomic E-state index is 12.3. The number of nitro groups is 1. The second-order valence-electron chi connectivity index (χ2n) is 9.82. The predicted octanol–water partition coefficient (Wildman–Crippen LogP) is 2.78. The third-order valence-corrected chi connectivity index (χ3v) is 6.29. The van der Waals surface area contributed by atoms with Gasteiger partial charge in [0.25, 0.3) is 5.69 Å². The van der Waals surface area contributed by atoms with Gasteiger partial charge in [-0.05, 0) is 24.3 Å². The van der Waals surface area contributed by atoms with Crippen molar-refractivity contribution in [2.45, 2.75) is 64.5 Å². The van der Waals surface area contributed by atoms with Gasteiger partial charge in [0.1, 0.15) is 36.6 Å². The number of hydrogen-bond donors (Lipinski definition) is 0. The summed E-state index contributed by atoms with van der Waals surface area (Å²) in [5.74, 6) is -0.791. The van der Waals surface area contributed by atoms with Crippen LogP contribution < -0.4 is 14.2 Å². The molecule has 256 valence electrons. The zero-order valence-corrected chi connectivity index (χ0v) is 26.1. The summed E-state index contributed by atoms with van der Waals surface area (Å²) in [6.45, 7) is 2.66. The second kappa shape index (κ2) is 17.1. The lowest BCUT2D eigenvalue weighted by Crippen LogP contribution is -2.63. The highest BCUT2D eigenvalue weighted by atomic mass is 16.7. The third kappa shape index (κ3) is 10.6. The van der Waals surface area contributed by atoms with E-state index in [2.05, 4.69) is 5.92 Å². The van der Waals surface area contributed by atoms with Crippen LogP contribution in [0.15, 0.2) is 42.5 Å². The summed E-state index contributed by atoms with van der Waals surface area (Å²) in [5.41, 5.74) is 0.104. The van der Waals surface area contributed by atoms with Crippen LogP contribution in [0.2, 0.25) is 0 Å². The molecule has 0 aliphatic carbocycles. The Bertz CT molecular complexity index is 1550. The molecule has 0 N–H and O–H groups in total. The number of terminal acetylenes is 1. The molecule has 1 saturated heterocycles. The number of rotatable bonds is 13. The summed E-state index contributed by atoms with van der Waals surface area (Å²) in [7, 11) is 1.13. The van der Waals surface area contributed by atoms with Gasteiger partial charge in [0, 0.05) is 44.5 Å². The first kappa shape index (κ1) is 36.6. The van der Waals surface area contributed by atoms with Gasteiger partial charge in [-0.15, -0.1) is 6.42 Å². The van der Waals surface area contributed by atoms with Gasteiger partial charge < -0.3 is 42.6 Å². The smallest absolute Gasteiger partial charge is 0.480 e. The molecule has 3 rings (SSSR count). The summed E-state index contributed by atoms with van der Waals surface area (Å²) in [5, 5.41) is 10.8. The van der Waals surface area contributed by atoms with Crippen LogP contribution in [-0.2, 0) is 54.2 Å². The van der Waals surface area contributed by atoms with Crippen LogP contribution in [0.25, 0.3) is 0 Å². The molecule has 48 heavy (non-hydrogen) atoms. The summed E-state index contributed by atoms with van der Waals surface area (Å²) in [4.78, 5) is 70.9. The average molecular weight is 674 g/mol. The molecule has 0 saturated carbocycles. The van der Waals surface area contributed by atoms with Gasteiger partial charge in [0.15, 0.2) is 12.2 Å². The molecule has 5 atom stereocenters. The predicted molar refractivity (Wildman–Crippen MR) is 157 cm³/mol. The summed E-state index contributed by atoms with van der Waals surface area (Å²) in [6, 6.07) is 8.95. The van der Waals surface area contributed by atoms with Crippen molar-refractivity contribution < 1.29 is 71.5 Å². The number of carbonyl (C=O) groups excluding carboxylic acids is 5. The van der Waals surface area contributed by atoms with Crippen LogP contribution in [0.4, 0.5) is 10.5 Å². The van der Waals surface area contributed by atoms with Crippen molar-refractivity contribution in [3.63, 3.8) is 0 Å². The van der Waals surface area contributed by atoms with E-state index in [0.717, 1.165) is 40.0 Å². The monoisotopic (exact) mass is 673 g/mol.